The Morgan fingerprint density at radius 3 is 2.32 bits per heavy atom. The fraction of sp³-hybridized carbons (Fsp3) is 0.500. The zero-order chi connectivity index (χ0) is 19.8. The smallest absolute Gasteiger partial charge is 0.125 e. The van der Waals surface area contributed by atoms with Crippen LogP contribution >= 0.6 is 0 Å². The molecule has 2 aromatic carbocycles. The highest BCUT2D eigenvalue weighted by Gasteiger charge is 2.13. The molecule has 0 unspecified atom stereocenters. The molecule has 0 spiro atoms. The number of piperazine rings is 1. The van der Waals surface area contributed by atoms with Crippen LogP contribution in [0.1, 0.15) is 30.0 Å². The summed E-state index contributed by atoms with van der Waals surface area (Å²) in [7, 11) is 3.93. The molecule has 152 valence electrons. The molecule has 0 N–H and O–H groups in total. The standard InChI is InChI=1S/C24H34N2O2/c1-4-20-7-10-23(11-8-20)28-19-22-18-21(9-12-24(22)27-3)6-5-13-26-16-14-25(2)15-17-26/h7-12,18H,4-6,13-17,19H2,1-3H3. The van der Waals surface area contributed by atoms with Crippen LogP contribution in [0.15, 0.2) is 42.5 Å². The summed E-state index contributed by atoms with van der Waals surface area (Å²) in [6.07, 6.45) is 3.33. The fourth-order valence-electron chi connectivity index (χ4n) is 3.66. The average Bonchev–Trinajstić information content (AvgIpc) is 2.74. The van der Waals surface area contributed by atoms with Gasteiger partial charge in [-0.2, -0.15) is 0 Å². The van der Waals surface area contributed by atoms with Crippen LogP contribution in [0.5, 0.6) is 11.5 Å². The molecule has 0 atom stereocenters. The summed E-state index contributed by atoms with van der Waals surface area (Å²) in [5.74, 6) is 1.80. The second-order valence-corrected chi connectivity index (χ2v) is 7.68. The molecular weight excluding hydrogens is 348 g/mol. The number of hydrogen-bond donors (Lipinski definition) is 0. The van der Waals surface area contributed by atoms with E-state index < -0.39 is 0 Å². The summed E-state index contributed by atoms with van der Waals surface area (Å²) >= 11 is 0. The average molecular weight is 383 g/mol. The first-order valence-electron chi connectivity index (χ1n) is 10.5. The van der Waals surface area contributed by atoms with Gasteiger partial charge in [-0.05, 0) is 68.2 Å². The number of ether oxygens (including phenoxy) is 2. The Hall–Kier alpha value is -2.04. The molecule has 1 fully saturated rings. The highest BCUT2D eigenvalue weighted by atomic mass is 16.5. The zero-order valence-electron chi connectivity index (χ0n) is 17.6. The first kappa shape index (κ1) is 20.7. The van der Waals surface area contributed by atoms with Crippen LogP contribution in [0.3, 0.4) is 0 Å². The highest BCUT2D eigenvalue weighted by molar-refractivity contribution is 5.37. The Balaban J connectivity index is 1.53. The van der Waals surface area contributed by atoms with Gasteiger partial charge >= 0.3 is 0 Å². The van der Waals surface area contributed by atoms with Gasteiger partial charge in [0.1, 0.15) is 18.1 Å². The van der Waals surface area contributed by atoms with Gasteiger partial charge in [-0.3, -0.25) is 0 Å². The van der Waals surface area contributed by atoms with E-state index in [4.69, 9.17) is 9.47 Å². The molecule has 28 heavy (non-hydrogen) atoms. The molecule has 1 heterocycles. The van der Waals surface area contributed by atoms with Crippen molar-refractivity contribution < 1.29 is 9.47 Å². The number of rotatable bonds is 9. The van der Waals surface area contributed by atoms with Crippen LogP contribution < -0.4 is 9.47 Å². The highest BCUT2D eigenvalue weighted by Crippen LogP contribution is 2.23. The van der Waals surface area contributed by atoms with Gasteiger partial charge in [0.25, 0.3) is 0 Å². The zero-order valence-corrected chi connectivity index (χ0v) is 17.6. The third-order valence-corrected chi connectivity index (χ3v) is 5.61. The van der Waals surface area contributed by atoms with Gasteiger partial charge in [-0.1, -0.05) is 25.1 Å². The molecule has 0 aromatic heterocycles. The number of benzene rings is 2. The first-order valence-corrected chi connectivity index (χ1v) is 10.5. The molecule has 3 rings (SSSR count). The summed E-state index contributed by atoms with van der Waals surface area (Å²) in [5, 5.41) is 0. The molecule has 0 amide bonds. The van der Waals surface area contributed by atoms with E-state index in [1.807, 2.05) is 12.1 Å². The second kappa shape index (κ2) is 10.5. The number of aryl methyl sites for hydroxylation is 2. The van der Waals surface area contributed by atoms with Crippen LogP contribution in [0.2, 0.25) is 0 Å². The maximum Gasteiger partial charge on any atom is 0.125 e. The Labute approximate surface area is 170 Å². The summed E-state index contributed by atoms with van der Waals surface area (Å²) in [5.41, 5.74) is 3.79. The Kier molecular flexibility index (Phi) is 7.75. The molecule has 1 aliphatic heterocycles. The van der Waals surface area contributed by atoms with Crippen molar-refractivity contribution in [3.05, 3.63) is 59.2 Å². The molecule has 4 heteroatoms. The number of nitrogens with zero attached hydrogens (tertiary/aromatic N) is 2. The van der Waals surface area contributed by atoms with E-state index in [2.05, 4.69) is 54.1 Å². The summed E-state index contributed by atoms with van der Waals surface area (Å²) in [4.78, 5) is 4.98. The van der Waals surface area contributed by atoms with Crippen molar-refractivity contribution in [3.8, 4) is 11.5 Å². The lowest BCUT2D eigenvalue weighted by Gasteiger charge is -2.32. The summed E-state index contributed by atoms with van der Waals surface area (Å²) in [6.45, 7) is 8.61. The summed E-state index contributed by atoms with van der Waals surface area (Å²) in [6, 6.07) is 14.8. The van der Waals surface area contributed by atoms with Crippen molar-refractivity contribution >= 4 is 0 Å². The molecule has 1 aliphatic rings. The quantitative estimate of drug-likeness (QED) is 0.654. The van der Waals surface area contributed by atoms with E-state index in [9.17, 15) is 0 Å². The molecule has 0 radical (unpaired) electrons. The Morgan fingerprint density at radius 2 is 1.64 bits per heavy atom. The molecule has 0 aliphatic carbocycles. The minimum atomic E-state index is 0.529. The third-order valence-electron chi connectivity index (χ3n) is 5.61. The maximum atomic E-state index is 6.01. The predicted octanol–water partition coefficient (Wildman–Crippen LogP) is 4.02. The van der Waals surface area contributed by atoms with Crippen molar-refractivity contribution in [3.63, 3.8) is 0 Å². The van der Waals surface area contributed by atoms with E-state index in [-0.39, 0.29) is 0 Å². The molecule has 0 bridgehead atoms. The van der Waals surface area contributed by atoms with Gasteiger partial charge in [0.15, 0.2) is 0 Å². The molecule has 2 aromatic rings. The lowest BCUT2D eigenvalue weighted by atomic mass is 10.1. The van der Waals surface area contributed by atoms with Gasteiger partial charge in [-0.15, -0.1) is 0 Å². The van der Waals surface area contributed by atoms with Gasteiger partial charge in [0.05, 0.1) is 7.11 Å². The molecule has 4 nitrogen and oxygen atoms in total. The monoisotopic (exact) mass is 382 g/mol. The first-order chi connectivity index (χ1) is 13.7. The SMILES string of the molecule is CCc1ccc(OCc2cc(CCCN3CCN(C)CC3)ccc2OC)cc1. The van der Waals surface area contributed by atoms with Crippen LogP contribution in [0.25, 0.3) is 0 Å². The molecule has 1 saturated heterocycles. The van der Waals surface area contributed by atoms with Gasteiger partial charge in [0, 0.05) is 31.7 Å². The van der Waals surface area contributed by atoms with Crippen molar-refractivity contribution in [2.24, 2.45) is 0 Å². The summed E-state index contributed by atoms with van der Waals surface area (Å²) < 4.78 is 11.5. The largest absolute Gasteiger partial charge is 0.496 e. The van der Waals surface area contributed by atoms with Crippen molar-refractivity contribution in [1.82, 2.24) is 9.80 Å². The fourth-order valence-corrected chi connectivity index (χ4v) is 3.66. The van der Waals surface area contributed by atoms with Crippen LogP contribution in [0.4, 0.5) is 0 Å². The second-order valence-electron chi connectivity index (χ2n) is 7.68. The Morgan fingerprint density at radius 1 is 0.929 bits per heavy atom. The van der Waals surface area contributed by atoms with Gasteiger partial charge in [-0.25, -0.2) is 0 Å². The normalized spacial score (nSPS) is 15.5. The Bertz CT molecular complexity index is 722. The number of likely N-dealkylation sites (N-methyl/N-ethyl adjacent to an activating group) is 1. The van der Waals surface area contributed by atoms with Crippen molar-refractivity contribution in [2.75, 3.05) is 46.9 Å². The maximum absolute atomic E-state index is 6.01. The van der Waals surface area contributed by atoms with E-state index in [0.717, 1.165) is 29.9 Å². The number of methoxy groups -OCH3 is 1. The lowest BCUT2D eigenvalue weighted by Crippen LogP contribution is -2.44. The predicted molar refractivity (Wildman–Crippen MR) is 115 cm³/mol. The van der Waals surface area contributed by atoms with E-state index in [1.54, 1.807) is 7.11 Å². The van der Waals surface area contributed by atoms with Gasteiger partial charge < -0.3 is 19.3 Å². The van der Waals surface area contributed by atoms with E-state index >= 15 is 0 Å². The minimum Gasteiger partial charge on any atom is -0.496 e. The lowest BCUT2D eigenvalue weighted by molar-refractivity contribution is 0.153. The molecule has 0 saturated carbocycles. The molecular formula is C24H34N2O2. The van der Waals surface area contributed by atoms with Gasteiger partial charge in [0.2, 0.25) is 0 Å². The van der Waals surface area contributed by atoms with Crippen LogP contribution in [-0.2, 0) is 19.4 Å². The minimum absolute atomic E-state index is 0.529. The third kappa shape index (κ3) is 5.98. The van der Waals surface area contributed by atoms with E-state index in [1.165, 1.54) is 50.3 Å². The van der Waals surface area contributed by atoms with Crippen LogP contribution in [0, 0.1) is 0 Å². The van der Waals surface area contributed by atoms with E-state index in [0.29, 0.717) is 6.61 Å². The van der Waals surface area contributed by atoms with Crippen LogP contribution in [-0.4, -0.2) is 56.7 Å². The van der Waals surface area contributed by atoms with Crippen molar-refractivity contribution in [1.29, 1.82) is 0 Å². The topological polar surface area (TPSA) is 24.9 Å². The number of hydrogen-bond acceptors (Lipinski definition) is 4. The van der Waals surface area contributed by atoms with Crippen molar-refractivity contribution in [2.45, 2.75) is 32.8 Å².